The third-order valence-corrected chi connectivity index (χ3v) is 2.44. The second-order valence-corrected chi connectivity index (χ2v) is 3.30. The number of rotatable bonds is 1. The fourth-order valence-corrected chi connectivity index (χ4v) is 1.63. The molecule has 0 aliphatic carbocycles. The number of fused-ring (bicyclic) bond motifs is 1. The molecule has 1 aliphatic heterocycles. The Balaban J connectivity index is 2.65. The Morgan fingerprint density at radius 3 is 2.75 bits per heavy atom. The van der Waals surface area contributed by atoms with Crippen LogP contribution < -0.4 is 10.7 Å². The highest BCUT2D eigenvalue weighted by molar-refractivity contribution is 6.54. The van der Waals surface area contributed by atoms with Crippen LogP contribution in [0.4, 0.5) is 11.4 Å². The largest absolute Gasteiger partial charge is 0.322 e. The van der Waals surface area contributed by atoms with Gasteiger partial charge in [0.1, 0.15) is 0 Å². The minimum absolute atomic E-state index is 0.0428. The van der Waals surface area contributed by atoms with Crippen molar-refractivity contribution in [2.45, 2.75) is 0 Å². The predicted octanol–water partition coefficient (Wildman–Crippen LogP) is 0.234. The topological polar surface area (TPSA) is 102 Å². The lowest BCUT2D eigenvalue weighted by Gasteiger charge is -2.07. The van der Waals surface area contributed by atoms with E-state index in [1.807, 2.05) is 0 Å². The number of anilines is 1. The lowest BCUT2D eigenvalue weighted by molar-refractivity contribution is -0.384. The van der Waals surface area contributed by atoms with Gasteiger partial charge in [-0.2, -0.15) is 5.10 Å². The summed E-state index contributed by atoms with van der Waals surface area (Å²) in [6.45, 7) is 0. The van der Waals surface area contributed by atoms with Crippen molar-refractivity contribution < 1.29 is 9.72 Å². The summed E-state index contributed by atoms with van der Waals surface area (Å²) in [6.07, 6.45) is 0. The quantitative estimate of drug-likeness (QED) is 0.415. The Kier molecular flexibility index (Phi) is 2.08. The second kappa shape index (κ2) is 3.30. The first-order valence-electron chi connectivity index (χ1n) is 4.41. The zero-order valence-corrected chi connectivity index (χ0v) is 8.38. The van der Waals surface area contributed by atoms with Crippen LogP contribution in [-0.4, -0.2) is 23.6 Å². The van der Waals surface area contributed by atoms with Gasteiger partial charge in [-0.3, -0.25) is 14.9 Å². The van der Waals surface area contributed by atoms with Crippen LogP contribution in [0.5, 0.6) is 0 Å². The van der Waals surface area contributed by atoms with Crippen molar-refractivity contribution in [2.24, 2.45) is 10.9 Å². The van der Waals surface area contributed by atoms with E-state index < -0.39 is 4.92 Å². The summed E-state index contributed by atoms with van der Waals surface area (Å²) in [4.78, 5) is 23.0. The van der Waals surface area contributed by atoms with E-state index in [2.05, 4.69) is 5.10 Å². The Labute approximate surface area is 90.3 Å². The molecule has 0 spiro atoms. The van der Waals surface area contributed by atoms with E-state index in [0.717, 1.165) is 0 Å². The zero-order chi connectivity index (χ0) is 11.9. The molecule has 0 radical (unpaired) electrons. The molecule has 2 N–H and O–H groups in total. The van der Waals surface area contributed by atoms with Gasteiger partial charge in [-0.1, -0.05) is 0 Å². The van der Waals surface area contributed by atoms with Crippen molar-refractivity contribution in [3.05, 3.63) is 33.9 Å². The number of hydrogen-bond donors (Lipinski definition) is 1. The molecule has 7 heteroatoms. The molecule has 1 aliphatic rings. The molecule has 1 heterocycles. The molecule has 0 bridgehead atoms. The fraction of sp³-hybridized carbons (Fsp3) is 0.111. The molecule has 82 valence electrons. The highest BCUT2D eigenvalue weighted by atomic mass is 16.6. The molecule has 16 heavy (non-hydrogen) atoms. The molecule has 2 rings (SSSR count). The van der Waals surface area contributed by atoms with Crippen LogP contribution in [0.25, 0.3) is 0 Å². The first-order chi connectivity index (χ1) is 7.56. The Morgan fingerprint density at radius 2 is 2.19 bits per heavy atom. The number of likely N-dealkylation sites (N-methyl/N-ethyl adjacent to an activating group) is 1. The van der Waals surface area contributed by atoms with Gasteiger partial charge in [-0.05, 0) is 6.07 Å². The number of nitro groups is 1. The highest BCUT2D eigenvalue weighted by Crippen LogP contribution is 2.30. The van der Waals surface area contributed by atoms with E-state index in [9.17, 15) is 14.9 Å². The van der Waals surface area contributed by atoms with Crippen LogP contribution in [0.2, 0.25) is 0 Å². The van der Waals surface area contributed by atoms with Crippen molar-refractivity contribution in [1.82, 2.24) is 0 Å². The van der Waals surface area contributed by atoms with Crippen molar-refractivity contribution in [1.29, 1.82) is 0 Å². The molecule has 1 aromatic rings. The average molecular weight is 220 g/mol. The summed E-state index contributed by atoms with van der Waals surface area (Å²) in [6, 6.07) is 4.13. The highest BCUT2D eigenvalue weighted by Gasteiger charge is 2.32. The Bertz CT molecular complexity index is 523. The van der Waals surface area contributed by atoms with Crippen molar-refractivity contribution >= 4 is 23.0 Å². The molecule has 7 nitrogen and oxygen atoms in total. The molecule has 0 saturated heterocycles. The third kappa shape index (κ3) is 1.22. The Morgan fingerprint density at radius 1 is 1.50 bits per heavy atom. The normalized spacial score (nSPS) is 16.7. The third-order valence-electron chi connectivity index (χ3n) is 2.44. The number of carbonyl (C=O) groups is 1. The lowest BCUT2D eigenvalue weighted by atomic mass is 10.1. The maximum Gasteiger partial charge on any atom is 0.279 e. The SMILES string of the molecule is CN1C(=O)C(=NN)c2cc([N+](=O)[O-])ccc21. The van der Waals surface area contributed by atoms with Crippen LogP contribution in [0.3, 0.4) is 0 Å². The molecular weight excluding hydrogens is 212 g/mol. The smallest absolute Gasteiger partial charge is 0.279 e. The number of amides is 1. The van der Waals surface area contributed by atoms with Crippen LogP contribution in [0, 0.1) is 10.1 Å². The molecule has 0 aromatic heterocycles. The zero-order valence-electron chi connectivity index (χ0n) is 8.38. The van der Waals surface area contributed by atoms with E-state index in [4.69, 9.17) is 5.84 Å². The number of non-ortho nitro benzene ring substituents is 1. The van der Waals surface area contributed by atoms with E-state index in [-0.39, 0.29) is 17.3 Å². The summed E-state index contributed by atoms with van der Waals surface area (Å²) in [5.74, 6) is 4.74. The maximum absolute atomic E-state index is 11.6. The van der Waals surface area contributed by atoms with Crippen LogP contribution in [0.15, 0.2) is 23.3 Å². The number of hydrazone groups is 1. The van der Waals surface area contributed by atoms with Gasteiger partial charge in [0.15, 0.2) is 5.71 Å². The summed E-state index contributed by atoms with van der Waals surface area (Å²) in [5, 5.41) is 14.0. The summed E-state index contributed by atoms with van der Waals surface area (Å²) in [7, 11) is 1.56. The van der Waals surface area contributed by atoms with Gasteiger partial charge in [-0.25, -0.2) is 0 Å². The van der Waals surface area contributed by atoms with E-state index in [1.54, 1.807) is 7.05 Å². The minimum Gasteiger partial charge on any atom is -0.322 e. The molecule has 0 unspecified atom stereocenters. The first-order valence-corrected chi connectivity index (χ1v) is 4.41. The lowest BCUT2D eigenvalue weighted by Crippen LogP contribution is -2.26. The van der Waals surface area contributed by atoms with Gasteiger partial charge in [0, 0.05) is 24.7 Å². The first kappa shape index (κ1) is 10.1. The maximum atomic E-state index is 11.6. The predicted molar refractivity (Wildman–Crippen MR) is 57.2 cm³/mol. The molecule has 1 amide bonds. The van der Waals surface area contributed by atoms with E-state index in [1.165, 1.54) is 23.1 Å². The van der Waals surface area contributed by atoms with E-state index >= 15 is 0 Å². The van der Waals surface area contributed by atoms with Gasteiger partial charge < -0.3 is 10.7 Å². The number of carbonyl (C=O) groups excluding carboxylic acids is 1. The summed E-state index contributed by atoms with van der Waals surface area (Å²) in [5.41, 5.74) is 0.910. The monoisotopic (exact) mass is 220 g/mol. The number of hydrogen-bond acceptors (Lipinski definition) is 5. The van der Waals surface area contributed by atoms with Crippen LogP contribution in [0.1, 0.15) is 5.56 Å². The van der Waals surface area contributed by atoms with Crippen LogP contribution in [-0.2, 0) is 4.79 Å². The number of nitrogens with zero attached hydrogens (tertiary/aromatic N) is 3. The second-order valence-electron chi connectivity index (χ2n) is 3.30. The number of nitro benzene ring substituents is 1. The van der Waals surface area contributed by atoms with Crippen molar-refractivity contribution in [3.8, 4) is 0 Å². The fourth-order valence-electron chi connectivity index (χ4n) is 1.63. The molecule has 0 fully saturated rings. The number of benzene rings is 1. The van der Waals surface area contributed by atoms with E-state index in [0.29, 0.717) is 11.3 Å². The number of nitrogens with two attached hydrogens (primary N) is 1. The van der Waals surface area contributed by atoms with Gasteiger partial charge in [-0.15, -0.1) is 0 Å². The van der Waals surface area contributed by atoms with Crippen LogP contribution >= 0.6 is 0 Å². The standard InChI is InChI=1S/C9H8N4O3/c1-12-7-3-2-5(13(15)16)4-6(7)8(11-10)9(12)14/h2-4H,10H2,1H3. The average Bonchev–Trinajstić information content (AvgIpc) is 2.51. The van der Waals surface area contributed by atoms with Crippen molar-refractivity contribution in [2.75, 3.05) is 11.9 Å². The van der Waals surface area contributed by atoms with Gasteiger partial charge >= 0.3 is 0 Å². The molecule has 1 aromatic carbocycles. The van der Waals surface area contributed by atoms with Gasteiger partial charge in [0.2, 0.25) is 0 Å². The minimum atomic E-state index is -0.531. The molecule has 0 saturated carbocycles. The molecule has 0 atom stereocenters. The Hall–Kier alpha value is -2.44. The molecular formula is C9H8N4O3. The van der Waals surface area contributed by atoms with Gasteiger partial charge in [0.05, 0.1) is 10.6 Å². The van der Waals surface area contributed by atoms with Crippen molar-refractivity contribution in [3.63, 3.8) is 0 Å². The van der Waals surface area contributed by atoms with Gasteiger partial charge in [0.25, 0.3) is 11.6 Å². The summed E-state index contributed by atoms with van der Waals surface area (Å²) < 4.78 is 0. The summed E-state index contributed by atoms with van der Waals surface area (Å²) >= 11 is 0.